The number of carbonyl (C=O) groups excluding carboxylic acids is 1. The fourth-order valence-corrected chi connectivity index (χ4v) is 1.99. The van der Waals surface area contributed by atoms with E-state index in [1.165, 1.54) is 0 Å². The van der Waals surface area contributed by atoms with Gasteiger partial charge in [-0.2, -0.15) is 0 Å². The van der Waals surface area contributed by atoms with Crippen LogP contribution < -0.4 is 19.7 Å². The first kappa shape index (κ1) is 16.5. The van der Waals surface area contributed by atoms with Crippen LogP contribution in [0.15, 0.2) is 30.5 Å². The summed E-state index contributed by atoms with van der Waals surface area (Å²) < 4.78 is 10.4. The lowest BCUT2D eigenvalue weighted by Crippen LogP contribution is -2.31. The third kappa shape index (κ3) is 4.57. The number of aryl methyl sites for hydroxylation is 1. The third-order valence-electron chi connectivity index (χ3n) is 3.14. The zero-order valence-electron chi connectivity index (χ0n) is 13.7. The van der Waals surface area contributed by atoms with E-state index in [-0.39, 0.29) is 12.5 Å². The summed E-state index contributed by atoms with van der Waals surface area (Å²) in [7, 11) is 4.88. The first-order chi connectivity index (χ1) is 11.0. The quantitative estimate of drug-likeness (QED) is 0.877. The lowest BCUT2D eigenvalue weighted by molar-refractivity contribution is -0.114. The van der Waals surface area contributed by atoms with Crippen LogP contribution in [0.5, 0.6) is 11.5 Å². The first-order valence-corrected chi connectivity index (χ1v) is 7.05. The Morgan fingerprint density at radius 2 is 1.87 bits per heavy atom. The summed E-state index contributed by atoms with van der Waals surface area (Å²) in [5.74, 6) is 1.53. The predicted octanol–water partition coefficient (Wildman–Crippen LogP) is 1.88. The van der Waals surface area contributed by atoms with E-state index in [1.807, 2.05) is 6.92 Å². The van der Waals surface area contributed by atoms with Crippen LogP contribution in [0.3, 0.4) is 0 Å². The molecule has 0 fully saturated rings. The van der Waals surface area contributed by atoms with Crippen molar-refractivity contribution in [3.63, 3.8) is 0 Å². The topological polar surface area (TPSA) is 76.6 Å². The van der Waals surface area contributed by atoms with Gasteiger partial charge in [0.2, 0.25) is 11.9 Å². The van der Waals surface area contributed by atoms with E-state index in [1.54, 1.807) is 56.6 Å². The first-order valence-electron chi connectivity index (χ1n) is 7.05. The molecular weight excluding hydrogens is 296 g/mol. The minimum atomic E-state index is -0.187. The molecule has 7 heteroatoms. The maximum atomic E-state index is 12.2. The lowest BCUT2D eigenvalue weighted by Gasteiger charge is -2.17. The molecule has 2 aromatic rings. The summed E-state index contributed by atoms with van der Waals surface area (Å²) in [5.41, 5.74) is 1.45. The summed E-state index contributed by atoms with van der Waals surface area (Å²) in [6, 6.07) is 7.00. The molecular formula is C16H20N4O3. The molecule has 0 atom stereocenters. The number of benzene rings is 1. The van der Waals surface area contributed by atoms with Crippen molar-refractivity contribution in [2.24, 2.45) is 0 Å². The van der Waals surface area contributed by atoms with Crippen LogP contribution >= 0.6 is 0 Å². The van der Waals surface area contributed by atoms with Crippen LogP contribution in [-0.2, 0) is 4.79 Å². The van der Waals surface area contributed by atoms with E-state index in [0.29, 0.717) is 23.1 Å². The Labute approximate surface area is 135 Å². The van der Waals surface area contributed by atoms with Crippen molar-refractivity contribution >= 4 is 17.5 Å². The van der Waals surface area contributed by atoms with Gasteiger partial charge in [0.25, 0.3) is 0 Å². The van der Waals surface area contributed by atoms with Gasteiger partial charge >= 0.3 is 0 Å². The summed E-state index contributed by atoms with van der Waals surface area (Å²) in [5, 5.41) is 2.81. The molecule has 1 amide bonds. The second-order valence-electron chi connectivity index (χ2n) is 5.00. The molecule has 1 N–H and O–H groups in total. The number of ether oxygens (including phenoxy) is 2. The number of hydrogen-bond donors (Lipinski definition) is 1. The van der Waals surface area contributed by atoms with Crippen molar-refractivity contribution in [2.75, 3.05) is 38.0 Å². The fraction of sp³-hybridized carbons (Fsp3) is 0.312. The van der Waals surface area contributed by atoms with Crippen LogP contribution in [0.25, 0.3) is 0 Å². The number of rotatable bonds is 6. The Bertz CT molecular complexity index is 669. The second kappa shape index (κ2) is 7.44. The minimum Gasteiger partial charge on any atom is -0.497 e. The largest absolute Gasteiger partial charge is 0.497 e. The Morgan fingerprint density at radius 3 is 2.43 bits per heavy atom. The summed E-state index contributed by atoms with van der Waals surface area (Å²) in [4.78, 5) is 22.3. The normalized spacial score (nSPS) is 10.1. The van der Waals surface area contributed by atoms with Gasteiger partial charge in [0.05, 0.1) is 20.8 Å². The standard InChI is InChI=1S/C16H20N4O3/c1-11-5-6-17-16(18-11)20(2)10-15(21)19-12-7-13(22-3)9-14(8-12)23-4/h5-9H,10H2,1-4H3,(H,19,21). The molecule has 23 heavy (non-hydrogen) atoms. The van der Waals surface area contributed by atoms with Gasteiger partial charge < -0.3 is 19.7 Å². The molecule has 0 radical (unpaired) electrons. The average Bonchev–Trinajstić information content (AvgIpc) is 2.54. The van der Waals surface area contributed by atoms with Gasteiger partial charge in [-0.3, -0.25) is 4.79 Å². The monoisotopic (exact) mass is 316 g/mol. The number of likely N-dealkylation sites (N-methyl/N-ethyl adjacent to an activating group) is 1. The fourth-order valence-electron chi connectivity index (χ4n) is 1.99. The summed E-state index contributed by atoms with van der Waals surface area (Å²) in [6.07, 6.45) is 1.67. The van der Waals surface area contributed by atoms with Crippen molar-refractivity contribution in [3.8, 4) is 11.5 Å². The summed E-state index contributed by atoms with van der Waals surface area (Å²) >= 11 is 0. The van der Waals surface area contributed by atoms with Gasteiger partial charge in [-0.15, -0.1) is 0 Å². The predicted molar refractivity (Wildman–Crippen MR) is 88.2 cm³/mol. The molecule has 122 valence electrons. The van der Waals surface area contributed by atoms with Crippen molar-refractivity contribution in [2.45, 2.75) is 6.92 Å². The molecule has 7 nitrogen and oxygen atoms in total. The Balaban J connectivity index is 2.04. The Kier molecular flexibility index (Phi) is 5.35. The highest BCUT2D eigenvalue weighted by molar-refractivity contribution is 5.94. The molecule has 0 unspecified atom stereocenters. The number of nitrogens with zero attached hydrogens (tertiary/aromatic N) is 3. The Hall–Kier alpha value is -2.83. The maximum Gasteiger partial charge on any atom is 0.243 e. The molecule has 2 rings (SSSR count). The van der Waals surface area contributed by atoms with Crippen molar-refractivity contribution in [1.29, 1.82) is 0 Å². The lowest BCUT2D eigenvalue weighted by atomic mass is 10.2. The highest BCUT2D eigenvalue weighted by Gasteiger charge is 2.11. The third-order valence-corrected chi connectivity index (χ3v) is 3.14. The van der Waals surface area contributed by atoms with Gasteiger partial charge in [-0.05, 0) is 13.0 Å². The highest BCUT2D eigenvalue weighted by Crippen LogP contribution is 2.25. The smallest absolute Gasteiger partial charge is 0.243 e. The molecule has 0 aliphatic carbocycles. The number of aromatic nitrogens is 2. The molecule has 1 aromatic carbocycles. The second-order valence-corrected chi connectivity index (χ2v) is 5.00. The van der Waals surface area contributed by atoms with Crippen molar-refractivity contribution < 1.29 is 14.3 Å². The van der Waals surface area contributed by atoms with Gasteiger partial charge in [0.15, 0.2) is 0 Å². The molecule has 0 aliphatic rings. The van der Waals surface area contributed by atoms with Crippen LogP contribution in [-0.4, -0.2) is 43.7 Å². The average molecular weight is 316 g/mol. The SMILES string of the molecule is COc1cc(NC(=O)CN(C)c2nccc(C)n2)cc(OC)c1. The van der Waals surface area contributed by atoms with Crippen LogP contribution in [0.2, 0.25) is 0 Å². The van der Waals surface area contributed by atoms with E-state index in [9.17, 15) is 4.79 Å². The molecule has 0 aliphatic heterocycles. The highest BCUT2D eigenvalue weighted by atomic mass is 16.5. The van der Waals surface area contributed by atoms with E-state index in [4.69, 9.17) is 9.47 Å². The minimum absolute atomic E-state index is 0.128. The molecule has 0 saturated heterocycles. The van der Waals surface area contributed by atoms with E-state index < -0.39 is 0 Å². The van der Waals surface area contributed by atoms with Gasteiger partial charge in [0, 0.05) is 42.8 Å². The van der Waals surface area contributed by atoms with Gasteiger partial charge in [-0.25, -0.2) is 9.97 Å². The number of amides is 1. The van der Waals surface area contributed by atoms with E-state index in [0.717, 1.165) is 5.69 Å². The van der Waals surface area contributed by atoms with Crippen LogP contribution in [0.4, 0.5) is 11.6 Å². The number of nitrogens with one attached hydrogen (secondary N) is 1. The molecule has 0 bridgehead atoms. The number of methoxy groups -OCH3 is 2. The zero-order chi connectivity index (χ0) is 16.8. The van der Waals surface area contributed by atoms with Crippen molar-refractivity contribution in [1.82, 2.24) is 9.97 Å². The van der Waals surface area contributed by atoms with Crippen molar-refractivity contribution in [3.05, 3.63) is 36.2 Å². The molecule has 0 saturated carbocycles. The zero-order valence-corrected chi connectivity index (χ0v) is 13.7. The molecule has 0 spiro atoms. The number of carbonyl (C=O) groups is 1. The summed E-state index contributed by atoms with van der Waals surface area (Å²) in [6.45, 7) is 2.00. The van der Waals surface area contributed by atoms with E-state index in [2.05, 4.69) is 15.3 Å². The van der Waals surface area contributed by atoms with Crippen LogP contribution in [0, 0.1) is 6.92 Å². The Morgan fingerprint density at radius 1 is 1.22 bits per heavy atom. The number of hydrogen-bond acceptors (Lipinski definition) is 6. The van der Waals surface area contributed by atoms with E-state index >= 15 is 0 Å². The maximum absolute atomic E-state index is 12.2. The van der Waals surface area contributed by atoms with Gasteiger partial charge in [-0.1, -0.05) is 0 Å². The molecule has 1 heterocycles. The van der Waals surface area contributed by atoms with Gasteiger partial charge in [0.1, 0.15) is 11.5 Å². The number of anilines is 2. The van der Waals surface area contributed by atoms with Crippen LogP contribution in [0.1, 0.15) is 5.69 Å². The molecule has 1 aromatic heterocycles.